The van der Waals surface area contributed by atoms with Gasteiger partial charge in [0.2, 0.25) is 10.0 Å². The molecule has 2 aromatic carbocycles. The monoisotopic (exact) mass is 331 g/mol. The second-order valence-corrected chi connectivity index (χ2v) is 7.55. The maximum Gasteiger partial charge on any atom is 0.218 e. The quantitative estimate of drug-likeness (QED) is 0.860. The molecule has 5 heteroatoms. The maximum atomic E-state index is 12.9. The molecule has 0 radical (unpaired) electrons. The van der Waals surface area contributed by atoms with Crippen molar-refractivity contribution in [2.24, 2.45) is 0 Å². The van der Waals surface area contributed by atoms with Gasteiger partial charge in [0, 0.05) is 13.1 Å². The number of benzene rings is 2. The van der Waals surface area contributed by atoms with Crippen molar-refractivity contribution >= 4 is 15.6 Å². The second-order valence-electron chi connectivity index (χ2n) is 5.59. The largest absolute Gasteiger partial charge is 0.218 e. The fourth-order valence-corrected chi connectivity index (χ4v) is 4.17. The zero-order valence-corrected chi connectivity index (χ0v) is 13.5. The van der Waals surface area contributed by atoms with Crippen LogP contribution in [0.15, 0.2) is 60.7 Å². The second kappa shape index (κ2) is 6.64. The van der Waals surface area contributed by atoms with Crippen LogP contribution in [0.5, 0.6) is 0 Å². The van der Waals surface area contributed by atoms with Gasteiger partial charge in [0.1, 0.15) is 5.82 Å². The first kappa shape index (κ1) is 15.9. The molecule has 1 aliphatic rings. The maximum absolute atomic E-state index is 12.9. The van der Waals surface area contributed by atoms with E-state index in [9.17, 15) is 12.8 Å². The van der Waals surface area contributed by atoms with Crippen molar-refractivity contribution in [3.05, 3.63) is 77.6 Å². The van der Waals surface area contributed by atoms with Crippen molar-refractivity contribution in [3.63, 3.8) is 0 Å². The van der Waals surface area contributed by atoms with E-state index in [2.05, 4.69) is 0 Å². The highest BCUT2D eigenvalue weighted by molar-refractivity contribution is 7.88. The van der Waals surface area contributed by atoms with E-state index in [0.717, 1.165) is 5.56 Å². The first-order valence-electron chi connectivity index (χ1n) is 7.51. The summed E-state index contributed by atoms with van der Waals surface area (Å²) in [5, 5.41) is 0. The Morgan fingerprint density at radius 2 is 1.70 bits per heavy atom. The molecule has 1 heterocycles. The van der Waals surface area contributed by atoms with Crippen LogP contribution < -0.4 is 0 Å². The van der Waals surface area contributed by atoms with Gasteiger partial charge < -0.3 is 0 Å². The Balaban J connectivity index is 1.71. The van der Waals surface area contributed by atoms with Crippen LogP contribution in [0.3, 0.4) is 0 Å². The van der Waals surface area contributed by atoms with Crippen LogP contribution in [0.25, 0.3) is 5.57 Å². The molecule has 0 unspecified atom stereocenters. The predicted molar refractivity (Wildman–Crippen MR) is 89.6 cm³/mol. The third kappa shape index (κ3) is 3.86. The van der Waals surface area contributed by atoms with Gasteiger partial charge in [0.15, 0.2) is 0 Å². The minimum Gasteiger partial charge on any atom is -0.212 e. The molecular formula is C18H18FNO2S. The Bertz CT molecular complexity index is 799. The smallest absolute Gasteiger partial charge is 0.212 e. The van der Waals surface area contributed by atoms with E-state index in [0.29, 0.717) is 25.1 Å². The Morgan fingerprint density at radius 3 is 2.30 bits per heavy atom. The van der Waals surface area contributed by atoms with Crippen molar-refractivity contribution < 1.29 is 12.8 Å². The number of hydrogen-bond donors (Lipinski definition) is 0. The van der Waals surface area contributed by atoms with E-state index in [-0.39, 0.29) is 11.6 Å². The number of hydrogen-bond acceptors (Lipinski definition) is 2. The lowest BCUT2D eigenvalue weighted by molar-refractivity contribution is 0.440. The highest BCUT2D eigenvalue weighted by Crippen LogP contribution is 2.24. The van der Waals surface area contributed by atoms with Crippen LogP contribution in [-0.4, -0.2) is 25.8 Å². The van der Waals surface area contributed by atoms with Crippen LogP contribution >= 0.6 is 0 Å². The van der Waals surface area contributed by atoms with E-state index >= 15 is 0 Å². The molecule has 0 amide bonds. The van der Waals surface area contributed by atoms with Crippen molar-refractivity contribution in [3.8, 4) is 0 Å². The number of sulfonamides is 1. The standard InChI is InChI=1S/C18H18FNO2S/c19-18-8-6-15(7-9-18)14-23(21,22)20-12-10-17(11-13-20)16-4-2-1-3-5-16/h1-10H,11-14H2. The van der Waals surface area contributed by atoms with Crippen molar-refractivity contribution in [1.29, 1.82) is 0 Å². The first-order chi connectivity index (χ1) is 11.0. The van der Waals surface area contributed by atoms with E-state index in [4.69, 9.17) is 0 Å². The molecule has 0 aliphatic carbocycles. The first-order valence-corrected chi connectivity index (χ1v) is 9.12. The third-order valence-electron chi connectivity index (χ3n) is 3.97. The van der Waals surface area contributed by atoms with Crippen LogP contribution in [0.1, 0.15) is 17.5 Å². The van der Waals surface area contributed by atoms with Crippen molar-refractivity contribution in [2.45, 2.75) is 12.2 Å². The number of rotatable bonds is 4. The molecule has 0 saturated heterocycles. The summed E-state index contributed by atoms with van der Waals surface area (Å²) in [6.45, 7) is 0.859. The summed E-state index contributed by atoms with van der Waals surface area (Å²) in [5.74, 6) is -0.457. The summed E-state index contributed by atoms with van der Waals surface area (Å²) in [6.07, 6.45) is 2.67. The molecule has 0 bridgehead atoms. The Hall–Kier alpha value is -1.98. The Kier molecular flexibility index (Phi) is 4.59. The normalized spacial score (nSPS) is 16.1. The van der Waals surface area contributed by atoms with Gasteiger partial charge >= 0.3 is 0 Å². The van der Waals surface area contributed by atoms with E-state index < -0.39 is 10.0 Å². The molecule has 0 saturated carbocycles. The lowest BCUT2D eigenvalue weighted by atomic mass is 10.0. The van der Waals surface area contributed by atoms with Gasteiger partial charge in [-0.3, -0.25) is 0 Å². The van der Waals surface area contributed by atoms with Crippen LogP contribution in [0, 0.1) is 5.82 Å². The fourth-order valence-electron chi connectivity index (χ4n) is 2.70. The molecule has 0 fully saturated rings. The molecule has 120 valence electrons. The number of nitrogens with zero attached hydrogens (tertiary/aromatic N) is 1. The zero-order chi connectivity index (χ0) is 16.3. The molecule has 2 aromatic rings. The minimum absolute atomic E-state index is 0.0954. The van der Waals surface area contributed by atoms with Gasteiger partial charge in [-0.05, 0) is 35.3 Å². The van der Waals surface area contributed by atoms with Gasteiger partial charge in [0.05, 0.1) is 5.75 Å². The molecule has 3 rings (SSSR count). The molecule has 1 aliphatic heterocycles. The van der Waals surface area contributed by atoms with Gasteiger partial charge in [-0.25, -0.2) is 12.8 Å². The molecule has 0 N–H and O–H groups in total. The average molecular weight is 331 g/mol. The number of halogens is 1. The molecule has 0 aromatic heterocycles. The highest BCUT2D eigenvalue weighted by atomic mass is 32.2. The Labute approximate surface area is 136 Å². The summed E-state index contributed by atoms with van der Waals surface area (Å²) in [5.41, 5.74) is 2.92. The van der Waals surface area contributed by atoms with E-state index in [1.54, 1.807) is 0 Å². The summed E-state index contributed by atoms with van der Waals surface area (Å²) >= 11 is 0. The van der Waals surface area contributed by atoms with Gasteiger partial charge in [0.25, 0.3) is 0 Å². The molecule has 0 atom stereocenters. The van der Waals surface area contributed by atoms with E-state index in [1.165, 1.54) is 34.1 Å². The van der Waals surface area contributed by atoms with Gasteiger partial charge in [-0.2, -0.15) is 4.31 Å². The molecule has 3 nitrogen and oxygen atoms in total. The summed E-state index contributed by atoms with van der Waals surface area (Å²) in [4.78, 5) is 0. The van der Waals surface area contributed by atoms with E-state index in [1.807, 2.05) is 36.4 Å². The zero-order valence-electron chi connectivity index (χ0n) is 12.7. The average Bonchev–Trinajstić information content (AvgIpc) is 2.58. The summed E-state index contributed by atoms with van der Waals surface area (Å²) in [6, 6.07) is 15.6. The molecule has 0 spiro atoms. The third-order valence-corrected chi connectivity index (χ3v) is 5.79. The summed E-state index contributed by atoms with van der Waals surface area (Å²) in [7, 11) is -3.39. The van der Waals surface area contributed by atoms with Crippen LogP contribution in [0.4, 0.5) is 4.39 Å². The SMILES string of the molecule is O=S(=O)(Cc1ccc(F)cc1)N1CC=C(c2ccccc2)CC1. The minimum atomic E-state index is -3.39. The Morgan fingerprint density at radius 1 is 1.00 bits per heavy atom. The lowest BCUT2D eigenvalue weighted by Crippen LogP contribution is -2.35. The lowest BCUT2D eigenvalue weighted by Gasteiger charge is -2.26. The van der Waals surface area contributed by atoms with Crippen LogP contribution in [-0.2, 0) is 15.8 Å². The van der Waals surface area contributed by atoms with Gasteiger partial charge in [-0.1, -0.05) is 48.5 Å². The fraction of sp³-hybridized carbons (Fsp3) is 0.222. The molecular weight excluding hydrogens is 313 g/mol. The van der Waals surface area contributed by atoms with Crippen LogP contribution in [0.2, 0.25) is 0 Å². The summed E-state index contributed by atoms with van der Waals surface area (Å²) < 4.78 is 39.4. The molecule has 23 heavy (non-hydrogen) atoms. The predicted octanol–water partition coefficient (Wildman–Crippen LogP) is 3.44. The van der Waals surface area contributed by atoms with Crippen molar-refractivity contribution in [2.75, 3.05) is 13.1 Å². The highest BCUT2D eigenvalue weighted by Gasteiger charge is 2.24. The van der Waals surface area contributed by atoms with Crippen molar-refractivity contribution in [1.82, 2.24) is 4.31 Å². The topological polar surface area (TPSA) is 37.4 Å². The van der Waals surface area contributed by atoms with Gasteiger partial charge in [-0.15, -0.1) is 0 Å².